The van der Waals surface area contributed by atoms with Crippen molar-refractivity contribution >= 4 is 0 Å². The number of nitrogens with one attached hydrogen (secondary N) is 2. The summed E-state index contributed by atoms with van der Waals surface area (Å²) in [5, 5.41) is 3.48. The van der Waals surface area contributed by atoms with Crippen molar-refractivity contribution in [3.05, 3.63) is 53.6 Å². The number of nitrogens with zero attached hydrogens (tertiary/aromatic N) is 2. The highest BCUT2D eigenvalue weighted by atomic mass is 15.2. The summed E-state index contributed by atoms with van der Waals surface area (Å²) in [4.78, 5) is 9.99. The standard InChI is InChI=1S/C18H26N4/c1-15-6-4-5-11-22(15)14-17-8-3-2-7-16(17)12-19-13-18-20-9-10-21-18/h2-3,7-10,15,19H,4-6,11-14H2,1H3,(H,20,21)/t15-/m0/s1. The van der Waals surface area contributed by atoms with E-state index in [2.05, 4.69) is 51.4 Å². The van der Waals surface area contributed by atoms with Crippen LogP contribution in [0, 0.1) is 0 Å². The zero-order valence-corrected chi connectivity index (χ0v) is 13.4. The maximum atomic E-state index is 4.25. The van der Waals surface area contributed by atoms with Crippen LogP contribution in [0.1, 0.15) is 43.1 Å². The second kappa shape index (κ2) is 7.56. The van der Waals surface area contributed by atoms with Crippen molar-refractivity contribution in [2.45, 2.75) is 51.9 Å². The molecule has 2 aromatic rings. The minimum Gasteiger partial charge on any atom is -0.348 e. The maximum absolute atomic E-state index is 4.25. The second-order valence-corrected chi connectivity index (χ2v) is 6.22. The Balaban J connectivity index is 1.59. The number of rotatable bonds is 6. The van der Waals surface area contributed by atoms with E-state index in [1.165, 1.54) is 36.9 Å². The number of hydrogen-bond donors (Lipinski definition) is 2. The Morgan fingerprint density at radius 3 is 2.86 bits per heavy atom. The van der Waals surface area contributed by atoms with Gasteiger partial charge in [-0.25, -0.2) is 4.98 Å². The van der Waals surface area contributed by atoms with Crippen LogP contribution in [0.5, 0.6) is 0 Å². The van der Waals surface area contributed by atoms with E-state index in [9.17, 15) is 0 Å². The average molecular weight is 298 g/mol. The van der Waals surface area contributed by atoms with Crippen LogP contribution >= 0.6 is 0 Å². The minimum absolute atomic E-state index is 0.706. The van der Waals surface area contributed by atoms with Crippen molar-refractivity contribution in [3.63, 3.8) is 0 Å². The van der Waals surface area contributed by atoms with E-state index in [1.54, 1.807) is 6.20 Å². The Kier molecular flexibility index (Phi) is 5.24. The van der Waals surface area contributed by atoms with Crippen LogP contribution in [0.4, 0.5) is 0 Å². The SMILES string of the molecule is C[C@H]1CCCCN1Cc1ccccc1CNCc1ncc[nH]1. The largest absolute Gasteiger partial charge is 0.348 e. The first-order valence-electron chi connectivity index (χ1n) is 8.33. The van der Waals surface area contributed by atoms with Gasteiger partial charge in [0.25, 0.3) is 0 Å². The van der Waals surface area contributed by atoms with E-state index >= 15 is 0 Å². The molecule has 0 aliphatic carbocycles. The third kappa shape index (κ3) is 3.96. The molecule has 4 nitrogen and oxygen atoms in total. The van der Waals surface area contributed by atoms with E-state index in [1.807, 2.05) is 6.20 Å². The predicted molar refractivity (Wildman–Crippen MR) is 89.3 cm³/mol. The molecule has 0 bridgehead atoms. The van der Waals surface area contributed by atoms with E-state index in [0.29, 0.717) is 6.04 Å². The Morgan fingerprint density at radius 2 is 2.09 bits per heavy atom. The lowest BCUT2D eigenvalue weighted by Gasteiger charge is -2.33. The van der Waals surface area contributed by atoms with E-state index in [0.717, 1.165) is 25.5 Å². The molecular formula is C18H26N4. The van der Waals surface area contributed by atoms with E-state index in [-0.39, 0.29) is 0 Å². The summed E-state index contributed by atoms with van der Waals surface area (Å²) in [5.41, 5.74) is 2.84. The van der Waals surface area contributed by atoms with Crippen molar-refractivity contribution in [3.8, 4) is 0 Å². The molecule has 1 aromatic carbocycles. The number of H-pyrrole nitrogens is 1. The normalized spacial score (nSPS) is 19.4. The molecule has 1 fully saturated rings. The van der Waals surface area contributed by atoms with Gasteiger partial charge < -0.3 is 10.3 Å². The number of likely N-dealkylation sites (tertiary alicyclic amines) is 1. The van der Waals surface area contributed by atoms with Crippen LogP contribution in [0.15, 0.2) is 36.7 Å². The van der Waals surface area contributed by atoms with Gasteiger partial charge in [-0.3, -0.25) is 4.90 Å². The molecule has 2 heterocycles. The summed E-state index contributed by atoms with van der Waals surface area (Å²) in [6.45, 7) is 6.33. The zero-order valence-electron chi connectivity index (χ0n) is 13.4. The van der Waals surface area contributed by atoms with Crippen molar-refractivity contribution in [1.29, 1.82) is 0 Å². The molecule has 1 aliphatic rings. The topological polar surface area (TPSA) is 44.0 Å². The number of piperidine rings is 1. The highest BCUT2D eigenvalue weighted by molar-refractivity contribution is 5.27. The Labute approximate surface area is 133 Å². The zero-order chi connectivity index (χ0) is 15.2. The third-order valence-corrected chi connectivity index (χ3v) is 4.60. The molecule has 1 aromatic heterocycles. The number of imidazole rings is 1. The van der Waals surface area contributed by atoms with Gasteiger partial charge in [0.15, 0.2) is 0 Å². The Bertz CT molecular complexity index is 564. The fourth-order valence-corrected chi connectivity index (χ4v) is 3.21. The number of hydrogen-bond acceptors (Lipinski definition) is 3. The monoisotopic (exact) mass is 298 g/mol. The van der Waals surface area contributed by atoms with Gasteiger partial charge in [0.05, 0.1) is 6.54 Å². The smallest absolute Gasteiger partial charge is 0.120 e. The van der Waals surface area contributed by atoms with Crippen molar-refractivity contribution in [1.82, 2.24) is 20.2 Å². The van der Waals surface area contributed by atoms with Gasteiger partial charge in [-0.2, -0.15) is 0 Å². The quantitative estimate of drug-likeness (QED) is 0.861. The lowest BCUT2D eigenvalue weighted by molar-refractivity contribution is 0.152. The van der Waals surface area contributed by atoms with Crippen LogP contribution in [-0.2, 0) is 19.6 Å². The van der Waals surface area contributed by atoms with E-state index < -0.39 is 0 Å². The predicted octanol–water partition coefficient (Wildman–Crippen LogP) is 3.07. The molecule has 118 valence electrons. The molecule has 3 rings (SSSR count). The molecule has 0 amide bonds. The molecule has 1 saturated heterocycles. The molecule has 4 heteroatoms. The highest BCUT2D eigenvalue weighted by Gasteiger charge is 2.18. The molecule has 0 radical (unpaired) electrons. The average Bonchev–Trinajstić information content (AvgIpc) is 3.04. The first-order chi connectivity index (χ1) is 10.8. The van der Waals surface area contributed by atoms with E-state index in [4.69, 9.17) is 0 Å². The summed E-state index contributed by atoms with van der Waals surface area (Å²) >= 11 is 0. The molecule has 1 atom stereocenters. The molecule has 1 aliphatic heterocycles. The summed E-state index contributed by atoms with van der Waals surface area (Å²) in [5.74, 6) is 0.988. The molecule has 0 saturated carbocycles. The Hall–Kier alpha value is -1.65. The van der Waals surface area contributed by atoms with Crippen molar-refractivity contribution in [2.75, 3.05) is 6.54 Å². The second-order valence-electron chi connectivity index (χ2n) is 6.22. The molecule has 2 N–H and O–H groups in total. The van der Waals surface area contributed by atoms with Crippen LogP contribution in [0.3, 0.4) is 0 Å². The van der Waals surface area contributed by atoms with Gasteiger partial charge in [-0.15, -0.1) is 0 Å². The highest BCUT2D eigenvalue weighted by Crippen LogP contribution is 2.20. The number of aromatic nitrogens is 2. The maximum Gasteiger partial charge on any atom is 0.120 e. The fourth-order valence-electron chi connectivity index (χ4n) is 3.21. The molecule has 22 heavy (non-hydrogen) atoms. The van der Waals surface area contributed by atoms with Crippen LogP contribution in [-0.4, -0.2) is 27.5 Å². The third-order valence-electron chi connectivity index (χ3n) is 4.60. The molecule has 0 unspecified atom stereocenters. The first-order valence-corrected chi connectivity index (χ1v) is 8.33. The van der Waals surface area contributed by atoms with Crippen molar-refractivity contribution < 1.29 is 0 Å². The summed E-state index contributed by atoms with van der Waals surface area (Å²) < 4.78 is 0. The summed E-state index contributed by atoms with van der Waals surface area (Å²) in [7, 11) is 0. The lowest BCUT2D eigenvalue weighted by atomic mass is 10.0. The van der Waals surface area contributed by atoms with Crippen LogP contribution < -0.4 is 5.32 Å². The molecular weight excluding hydrogens is 272 g/mol. The van der Waals surface area contributed by atoms with Gasteiger partial charge in [0.1, 0.15) is 5.82 Å². The van der Waals surface area contributed by atoms with Gasteiger partial charge in [0.2, 0.25) is 0 Å². The minimum atomic E-state index is 0.706. The fraction of sp³-hybridized carbons (Fsp3) is 0.500. The van der Waals surface area contributed by atoms with Crippen molar-refractivity contribution in [2.24, 2.45) is 0 Å². The Morgan fingerprint density at radius 1 is 1.23 bits per heavy atom. The molecule has 0 spiro atoms. The van der Waals surface area contributed by atoms with Gasteiger partial charge in [-0.1, -0.05) is 30.7 Å². The van der Waals surface area contributed by atoms with Gasteiger partial charge >= 0.3 is 0 Å². The van der Waals surface area contributed by atoms with Gasteiger partial charge in [0, 0.05) is 31.5 Å². The van der Waals surface area contributed by atoms with Gasteiger partial charge in [-0.05, 0) is 37.4 Å². The number of aromatic amines is 1. The number of benzene rings is 1. The van der Waals surface area contributed by atoms with Crippen LogP contribution in [0.2, 0.25) is 0 Å². The first kappa shape index (κ1) is 15.3. The van der Waals surface area contributed by atoms with Crippen LogP contribution in [0.25, 0.3) is 0 Å². The lowest BCUT2D eigenvalue weighted by Crippen LogP contribution is -2.37. The summed E-state index contributed by atoms with van der Waals surface area (Å²) in [6.07, 6.45) is 7.71. The summed E-state index contributed by atoms with van der Waals surface area (Å²) in [6, 6.07) is 9.50.